The maximum absolute atomic E-state index is 6.41. The van der Waals surface area contributed by atoms with Crippen molar-refractivity contribution in [1.82, 2.24) is 0 Å². The molecule has 1 aromatic heterocycles. The van der Waals surface area contributed by atoms with E-state index in [0.717, 1.165) is 45.6 Å². The molecular formula is C50H44N2S. The SMILES string of the molecule is C=Cc1c(/C=C\c2ccccc2-c2ccccc2N)sc2c1C=CC(C)(N(/C=C\C=C/C(=C)C)c1c(-c3ccccc3)cccc1-c1ccccc1)C2. The van der Waals surface area contributed by atoms with Crippen molar-refractivity contribution in [3.05, 3.63) is 203 Å². The first-order chi connectivity index (χ1) is 25.9. The maximum Gasteiger partial charge on any atom is 0.0651 e. The highest BCUT2D eigenvalue weighted by atomic mass is 32.1. The Balaban J connectivity index is 1.33. The lowest BCUT2D eigenvalue weighted by Crippen LogP contribution is -2.45. The third kappa shape index (κ3) is 7.44. The summed E-state index contributed by atoms with van der Waals surface area (Å²) in [6, 6.07) is 44.6. The highest BCUT2D eigenvalue weighted by molar-refractivity contribution is 7.13. The van der Waals surface area contributed by atoms with Crippen LogP contribution in [0, 0.1) is 0 Å². The minimum Gasteiger partial charge on any atom is -0.398 e. The number of nitrogen functional groups attached to an aromatic ring is 1. The molecule has 0 fully saturated rings. The summed E-state index contributed by atoms with van der Waals surface area (Å²) in [4.78, 5) is 5.00. The van der Waals surface area contributed by atoms with Crippen molar-refractivity contribution < 1.29 is 0 Å². The van der Waals surface area contributed by atoms with Crippen molar-refractivity contribution in [2.45, 2.75) is 25.8 Å². The van der Waals surface area contributed by atoms with E-state index in [1.807, 2.05) is 48.6 Å². The number of hydrogen-bond acceptors (Lipinski definition) is 3. The van der Waals surface area contributed by atoms with Crippen LogP contribution in [0.25, 0.3) is 57.7 Å². The van der Waals surface area contributed by atoms with Crippen LogP contribution in [-0.4, -0.2) is 5.54 Å². The number of fused-ring (bicyclic) bond motifs is 1. The fraction of sp³-hybridized carbons (Fsp3) is 0.0800. The van der Waals surface area contributed by atoms with Gasteiger partial charge in [-0.15, -0.1) is 11.3 Å². The first kappa shape index (κ1) is 35.3. The Morgan fingerprint density at radius 3 is 1.98 bits per heavy atom. The lowest BCUT2D eigenvalue weighted by atomic mass is 9.84. The minimum absolute atomic E-state index is 0.392. The van der Waals surface area contributed by atoms with Gasteiger partial charge in [0.05, 0.1) is 11.2 Å². The second kappa shape index (κ2) is 15.6. The highest BCUT2D eigenvalue weighted by Gasteiger charge is 2.36. The number of rotatable bonds is 11. The van der Waals surface area contributed by atoms with E-state index in [2.05, 4.69) is 177 Å². The van der Waals surface area contributed by atoms with E-state index in [4.69, 9.17) is 5.73 Å². The van der Waals surface area contributed by atoms with Gasteiger partial charge in [0, 0.05) is 44.8 Å². The molecule has 0 amide bonds. The Hall–Kier alpha value is -6.16. The second-order valence-corrected chi connectivity index (χ2v) is 14.8. The molecule has 1 atom stereocenters. The summed E-state index contributed by atoms with van der Waals surface area (Å²) in [7, 11) is 0. The largest absolute Gasteiger partial charge is 0.398 e. The smallest absolute Gasteiger partial charge is 0.0651 e. The second-order valence-electron chi connectivity index (χ2n) is 13.6. The van der Waals surface area contributed by atoms with Crippen molar-refractivity contribution in [3.8, 4) is 33.4 Å². The maximum atomic E-state index is 6.41. The fourth-order valence-electron chi connectivity index (χ4n) is 7.14. The summed E-state index contributed by atoms with van der Waals surface area (Å²) in [5.74, 6) is 0. The molecule has 1 aliphatic carbocycles. The van der Waals surface area contributed by atoms with E-state index in [-0.39, 0.29) is 0 Å². The summed E-state index contributed by atoms with van der Waals surface area (Å²) in [6.07, 6.45) is 20.4. The highest BCUT2D eigenvalue weighted by Crippen LogP contribution is 2.47. The third-order valence-electron chi connectivity index (χ3n) is 9.77. The summed E-state index contributed by atoms with van der Waals surface area (Å²) in [5.41, 5.74) is 19.4. The van der Waals surface area contributed by atoms with Gasteiger partial charge >= 0.3 is 0 Å². The molecule has 260 valence electrons. The zero-order chi connectivity index (χ0) is 36.8. The minimum atomic E-state index is -0.392. The van der Waals surface area contributed by atoms with Crippen molar-refractivity contribution in [2.75, 3.05) is 10.6 Å². The quantitative estimate of drug-likeness (QED) is 0.107. The third-order valence-corrected chi connectivity index (χ3v) is 11.0. The first-order valence-corrected chi connectivity index (χ1v) is 18.8. The zero-order valence-corrected chi connectivity index (χ0v) is 31.2. The molecule has 0 radical (unpaired) electrons. The number of hydrogen-bond donors (Lipinski definition) is 1. The molecule has 53 heavy (non-hydrogen) atoms. The van der Waals surface area contributed by atoms with E-state index in [0.29, 0.717) is 0 Å². The van der Waals surface area contributed by atoms with Crippen molar-refractivity contribution in [1.29, 1.82) is 0 Å². The number of nitrogens with zero attached hydrogens (tertiary/aromatic N) is 1. The Labute approximate surface area is 318 Å². The van der Waals surface area contributed by atoms with E-state index in [9.17, 15) is 0 Å². The first-order valence-electron chi connectivity index (χ1n) is 18.0. The molecule has 0 saturated carbocycles. The molecule has 5 aromatic carbocycles. The van der Waals surface area contributed by atoms with Gasteiger partial charge in [-0.05, 0) is 65.4 Å². The topological polar surface area (TPSA) is 29.3 Å². The van der Waals surface area contributed by atoms with Gasteiger partial charge in [0.1, 0.15) is 0 Å². The zero-order valence-electron chi connectivity index (χ0n) is 30.4. The van der Waals surface area contributed by atoms with Crippen LogP contribution >= 0.6 is 11.3 Å². The van der Waals surface area contributed by atoms with Gasteiger partial charge < -0.3 is 10.6 Å². The average molecular weight is 705 g/mol. The van der Waals surface area contributed by atoms with E-state index in [1.54, 1.807) is 0 Å². The van der Waals surface area contributed by atoms with Gasteiger partial charge in [0.2, 0.25) is 0 Å². The van der Waals surface area contributed by atoms with Crippen molar-refractivity contribution in [2.24, 2.45) is 0 Å². The van der Waals surface area contributed by atoms with Gasteiger partial charge in [-0.2, -0.15) is 0 Å². The van der Waals surface area contributed by atoms with Crippen molar-refractivity contribution >= 4 is 47.0 Å². The number of para-hydroxylation sites is 2. The summed E-state index contributed by atoms with van der Waals surface area (Å²) >= 11 is 1.85. The molecular weight excluding hydrogens is 661 g/mol. The molecule has 2 N–H and O–H groups in total. The Morgan fingerprint density at radius 1 is 0.736 bits per heavy atom. The standard InChI is InChI=1S/C50H44N2S/c1-5-40-45-32-33-50(4,35-48(45)53-47(40)31-30-39-24-12-13-25-41(39)44-26-14-15-29-46(44)51)52(34-17-16-19-36(2)3)49-42(37-20-8-6-9-21-37)27-18-28-43(49)38-22-10-7-11-23-38/h5-34H,1-2,35,51H2,3-4H3/b19-16-,31-30-,34-17-. The number of thiophene rings is 1. The molecule has 1 unspecified atom stereocenters. The van der Waals surface area contributed by atoms with Crippen molar-refractivity contribution in [3.63, 3.8) is 0 Å². The lowest BCUT2D eigenvalue weighted by molar-refractivity contribution is 0.561. The molecule has 1 heterocycles. The Bertz CT molecular complexity index is 2330. The lowest BCUT2D eigenvalue weighted by Gasteiger charge is -2.42. The molecule has 0 bridgehead atoms. The van der Waals surface area contributed by atoms with Crippen LogP contribution in [0.3, 0.4) is 0 Å². The molecule has 0 saturated heterocycles. The number of benzene rings is 5. The normalized spacial score (nSPS) is 15.3. The van der Waals surface area contributed by atoms with Crippen LogP contribution in [0.5, 0.6) is 0 Å². The molecule has 0 spiro atoms. The fourth-order valence-corrected chi connectivity index (χ4v) is 8.50. The van der Waals surface area contributed by atoms with Gasteiger partial charge in [-0.3, -0.25) is 0 Å². The van der Waals surface area contributed by atoms with Crippen LogP contribution in [-0.2, 0) is 6.42 Å². The molecule has 2 nitrogen and oxygen atoms in total. The average Bonchev–Trinajstić information content (AvgIpc) is 3.53. The summed E-state index contributed by atoms with van der Waals surface area (Å²) < 4.78 is 0. The van der Waals surface area contributed by atoms with E-state index >= 15 is 0 Å². The molecule has 7 rings (SSSR count). The summed E-state index contributed by atoms with van der Waals surface area (Å²) in [5, 5.41) is 0. The molecule has 6 aromatic rings. The van der Waals surface area contributed by atoms with Gasteiger partial charge in [0.25, 0.3) is 0 Å². The van der Waals surface area contributed by atoms with Gasteiger partial charge in [0.15, 0.2) is 0 Å². The molecule has 1 aliphatic rings. The van der Waals surface area contributed by atoms with Gasteiger partial charge in [-0.1, -0.05) is 177 Å². The predicted molar refractivity (Wildman–Crippen MR) is 234 cm³/mol. The van der Waals surface area contributed by atoms with Crippen LogP contribution in [0.4, 0.5) is 11.4 Å². The van der Waals surface area contributed by atoms with Crippen LogP contribution in [0.15, 0.2) is 177 Å². The predicted octanol–water partition coefficient (Wildman–Crippen LogP) is 13.6. The molecule has 3 heteroatoms. The monoisotopic (exact) mass is 704 g/mol. The summed E-state index contributed by atoms with van der Waals surface area (Å²) in [6.45, 7) is 12.7. The van der Waals surface area contributed by atoms with Gasteiger partial charge in [-0.25, -0.2) is 0 Å². The van der Waals surface area contributed by atoms with Crippen LogP contribution < -0.4 is 10.6 Å². The molecule has 0 aliphatic heterocycles. The Morgan fingerprint density at radius 2 is 1.34 bits per heavy atom. The number of nitrogens with two attached hydrogens (primary N) is 1. The Kier molecular flexibility index (Phi) is 10.4. The van der Waals surface area contributed by atoms with E-state index < -0.39 is 5.54 Å². The number of anilines is 2. The van der Waals surface area contributed by atoms with Crippen LogP contribution in [0.1, 0.15) is 40.3 Å². The van der Waals surface area contributed by atoms with E-state index in [1.165, 1.54) is 37.6 Å². The van der Waals surface area contributed by atoms with Crippen LogP contribution in [0.2, 0.25) is 0 Å². The number of allylic oxidation sites excluding steroid dienone is 4.